The smallest absolute Gasteiger partial charge is 0.296 e. The summed E-state index contributed by atoms with van der Waals surface area (Å²) in [6, 6.07) is 0. The first kappa shape index (κ1) is 59.9. The molecular weight excluding hydrogens is 764 g/mol. The van der Waals surface area contributed by atoms with Gasteiger partial charge in [0, 0.05) is 30.7 Å². The number of nitrogens with zero attached hydrogens (tertiary/aromatic N) is 2. The SMILES string of the molecule is CCCCCCCCCCCCN(CCCCCCCCCCCC)OCCO[P+](=O)OCCON(CCCCCCCCCCCC)CCCCCCCCCCCC. The Bertz CT molecular complexity index is 698. The van der Waals surface area contributed by atoms with E-state index >= 15 is 0 Å². The van der Waals surface area contributed by atoms with Gasteiger partial charge in [-0.2, -0.15) is 10.1 Å². The molecule has 8 heteroatoms. The molecule has 0 aromatic carbocycles. The molecule has 0 N–H and O–H groups in total. The van der Waals surface area contributed by atoms with E-state index in [-0.39, 0.29) is 13.2 Å². The molecular formula is C52H108N2O5P+. The molecule has 0 bridgehead atoms. The van der Waals surface area contributed by atoms with Crippen molar-refractivity contribution in [3.8, 4) is 0 Å². The summed E-state index contributed by atoms with van der Waals surface area (Å²) in [5, 5.41) is 4.30. The lowest BCUT2D eigenvalue weighted by molar-refractivity contribution is -0.168. The highest BCUT2D eigenvalue weighted by Crippen LogP contribution is 2.23. The molecule has 60 heavy (non-hydrogen) atoms. The van der Waals surface area contributed by atoms with Crippen LogP contribution in [0.1, 0.15) is 285 Å². The second kappa shape index (κ2) is 53.2. The van der Waals surface area contributed by atoms with E-state index in [0.717, 1.165) is 26.2 Å². The molecule has 0 unspecified atom stereocenters. The van der Waals surface area contributed by atoms with Gasteiger partial charge >= 0.3 is 8.25 Å². The topological polar surface area (TPSA) is 60.5 Å². The van der Waals surface area contributed by atoms with Gasteiger partial charge in [0.25, 0.3) is 0 Å². The summed E-state index contributed by atoms with van der Waals surface area (Å²) in [5.41, 5.74) is 0. The van der Waals surface area contributed by atoms with Crippen molar-refractivity contribution in [2.75, 3.05) is 52.6 Å². The van der Waals surface area contributed by atoms with Crippen molar-refractivity contribution in [2.45, 2.75) is 285 Å². The average Bonchev–Trinajstić information content (AvgIpc) is 3.25. The van der Waals surface area contributed by atoms with Gasteiger partial charge in [0.2, 0.25) is 0 Å². The van der Waals surface area contributed by atoms with E-state index in [9.17, 15) is 4.57 Å². The predicted octanol–water partition coefficient (Wildman–Crippen LogP) is 17.8. The van der Waals surface area contributed by atoms with Crippen LogP contribution in [0.2, 0.25) is 0 Å². The summed E-state index contributed by atoms with van der Waals surface area (Å²) in [5.74, 6) is 0. The number of hydrogen-bond donors (Lipinski definition) is 0. The summed E-state index contributed by atoms with van der Waals surface area (Å²) in [6.45, 7) is 14.3. The Morgan fingerprint density at radius 1 is 0.267 bits per heavy atom. The highest BCUT2D eigenvalue weighted by Gasteiger charge is 2.20. The van der Waals surface area contributed by atoms with E-state index in [1.165, 1.54) is 257 Å². The minimum absolute atomic E-state index is 0.270. The second-order valence-electron chi connectivity index (χ2n) is 18.1. The highest BCUT2D eigenvalue weighted by molar-refractivity contribution is 7.33. The third kappa shape index (κ3) is 48.9. The molecule has 0 saturated heterocycles. The van der Waals surface area contributed by atoms with Crippen LogP contribution < -0.4 is 0 Å². The van der Waals surface area contributed by atoms with Crippen molar-refractivity contribution in [3.63, 3.8) is 0 Å². The summed E-state index contributed by atoms with van der Waals surface area (Å²) in [7, 11) is -2.19. The molecule has 0 aromatic rings. The van der Waals surface area contributed by atoms with Crippen LogP contribution >= 0.6 is 8.25 Å². The number of unbranched alkanes of at least 4 members (excludes halogenated alkanes) is 36. The molecule has 0 radical (unpaired) electrons. The number of hydrogen-bond acceptors (Lipinski definition) is 7. The van der Waals surface area contributed by atoms with Gasteiger partial charge in [-0.3, -0.25) is 9.68 Å². The van der Waals surface area contributed by atoms with Crippen LogP contribution in [-0.2, 0) is 23.3 Å². The van der Waals surface area contributed by atoms with Crippen LogP contribution in [0.25, 0.3) is 0 Å². The highest BCUT2D eigenvalue weighted by atomic mass is 31.1. The first-order chi connectivity index (χ1) is 29.7. The van der Waals surface area contributed by atoms with Gasteiger partial charge in [0.15, 0.2) is 0 Å². The van der Waals surface area contributed by atoms with E-state index in [1.54, 1.807) is 0 Å². The average molecular weight is 872 g/mol. The van der Waals surface area contributed by atoms with Crippen LogP contribution in [0, 0.1) is 0 Å². The van der Waals surface area contributed by atoms with E-state index in [2.05, 4.69) is 37.8 Å². The standard InChI is InChI=1S/C52H108N2O5P/c1-5-9-13-17-21-25-29-33-37-41-45-53(46-42-38-34-30-26-22-18-14-10-6-2)56-49-51-58-60(55)59-52-50-57-54(47-43-39-35-31-27-23-19-15-11-7-3)48-44-40-36-32-28-24-20-16-12-8-4/h5-52H2,1-4H3/q+1. The third-order valence-electron chi connectivity index (χ3n) is 12.2. The first-order valence-electron chi connectivity index (χ1n) is 27.2. The Morgan fingerprint density at radius 3 is 0.650 bits per heavy atom. The van der Waals surface area contributed by atoms with Gasteiger partial charge in [-0.15, -0.1) is 9.05 Å². The molecule has 0 aromatic heterocycles. The normalized spacial score (nSPS) is 11.8. The lowest BCUT2D eigenvalue weighted by Crippen LogP contribution is -2.28. The molecule has 0 spiro atoms. The van der Waals surface area contributed by atoms with Crippen molar-refractivity contribution >= 4 is 8.25 Å². The van der Waals surface area contributed by atoms with Gasteiger partial charge < -0.3 is 0 Å². The van der Waals surface area contributed by atoms with Crippen molar-refractivity contribution in [1.82, 2.24) is 10.1 Å². The third-order valence-corrected chi connectivity index (χ3v) is 12.9. The van der Waals surface area contributed by atoms with E-state index in [1.807, 2.05) is 0 Å². The Hall–Kier alpha value is -0.140. The van der Waals surface area contributed by atoms with Gasteiger partial charge in [0.05, 0.1) is 13.2 Å². The minimum atomic E-state index is -2.19. The van der Waals surface area contributed by atoms with E-state index in [0.29, 0.717) is 13.2 Å². The predicted molar refractivity (Wildman–Crippen MR) is 262 cm³/mol. The lowest BCUT2D eigenvalue weighted by Gasteiger charge is -2.21. The molecule has 0 fully saturated rings. The number of hydroxylamine groups is 4. The van der Waals surface area contributed by atoms with Crippen LogP contribution in [-0.4, -0.2) is 62.7 Å². The molecule has 360 valence electrons. The molecule has 7 nitrogen and oxygen atoms in total. The fourth-order valence-corrected chi connectivity index (χ4v) is 8.70. The van der Waals surface area contributed by atoms with Crippen LogP contribution in [0.5, 0.6) is 0 Å². The molecule has 0 saturated carbocycles. The molecule has 0 aliphatic heterocycles. The molecule has 0 aliphatic carbocycles. The van der Waals surface area contributed by atoms with Crippen molar-refractivity contribution < 1.29 is 23.3 Å². The zero-order valence-corrected chi connectivity index (χ0v) is 42.2. The Labute approximate surface area is 377 Å². The second-order valence-corrected chi connectivity index (χ2v) is 19.1. The zero-order chi connectivity index (χ0) is 43.5. The monoisotopic (exact) mass is 872 g/mol. The lowest BCUT2D eigenvalue weighted by atomic mass is 10.1. The fraction of sp³-hybridized carbons (Fsp3) is 1.00. The van der Waals surface area contributed by atoms with Crippen molar-refractivity contribution in [3.05, 3.63) is 0 Å². The van der Waals surface area contributed by atoms with Crippen LogP contribution in [0.3, 0.4) is 0 Å². The summed E-state index contributed by atoms with van der Waals surface area (Å²) in [4.78, 5) is 12.4. The van der Waals surface area contributed by atoms with E-state index < -0.39 is 8.25 Å². The fourth-order valence-electron chi connectivity index (χ4n) is 8.18. The van der Waals surface area contributed by atoms with Crippen molar-refractivity contribution in [1.29, 1.82) is 0 Å². The summed E-state index contributed by atoms with van der Waals surface area (Å²) < 4.78 is 23.7. The van der Waals surface area contributed by atoms with Gasteiger partial charge in [-0.25, -0.2) is 0 Å². The van der Waals surface area contributed by atoms with Gasteiger partial charge in [0.1, 0.15) is 13.2 Å². The Morgan fingerprint density at radius 2 is 0.450 bits per heavy atom. The molecule has 0 rings (SSSR count). The molecule has 0 amide bonds. The molecule has 0 aliphatic rings. The maximum atomic E-state index is 12.6. The summed E-state index contributed by atoms with van der Waals surface area (Å²) >= 11 is 0. The van der Waals surface area contributed by atoms with Crippen LogP contribution in [0.4, 0.5) is 0 Å². The molecule has 0 heterocycles. The Balaban J connectivity index is 4.46. The maximum Gasteiger partial charge on any atom is 0.697 e. The van der Waals surface area contributed by atoms with E-state index in [4.69, 9.17) is 18.7 Å². The molecule has 0 atom stereocenters. The summed E-state index contributed by atoms with van der Waals surface area (Å²) in [6.07, 6.45) is 53.6. The van der Waals surface area contributed by atoms with Crippen LogP contribution in [0.15, 0.2) is 0 Å². The zero-order valence-electron chi connectivity index (χ0n) is 41.3. The van der Waals surface area contributed by atoms with Gasteiger partial charge in [-0.1, -0.05) is 259 Å². The quantitative estimate of drug-likeness (QED) is 0.0343. The largest absolute Gasteiger partial charge is 0.697 e. The number of rotatable bonds is 54. The first-order valence-corrected chi connectivity index (χ1v) is 28.3. The Kier molecular flexibility index (Phi) is 53.1. The van der Waals surface area contributed by atoms with Gasteiger partial charge in [-0.05, 0) is 25.7 Å². The maximum absolute atomic E-state index is 12.6. The minimum Gasteiger partial charge on any atom is -0.296 e. The van der Waals surface area contributed by atoms with Crippen molar-refractivity contribution in [2.24, 2.45) is 0 Å².